The van der Waals surface area contributed by atoms with Crippen LogP contribution in [0.2, 0.25) is 0 Å². The number of nitrogens with two attached hydrogens (primary N) is 1. The zero-order valence-corrected chi connectivity index (χ0v) is 13.4. The highest BCUT2D eigenvalue weighted by Crippen LogP contribution is 2.40. The highest BCUT2D eigenvalue weighted by molar-refractivity contribution is 8.00. The van der Waals surface area contributed by atoms with Gasteiger partial charge in [0.2, 0.25) is 0 Å². The number of rotatable bonds is 4. The van der Waals surface area contributed by atoms with Crippen molar-refractivity contribution in [3.63, 3.8) is 0 Å². The fraction of sp³-hybridized carbons (Fsp3) is 0.571. The zero-order valence-electron chi connectivity index (χ0n) is 11.8. The molecule has 1 unspecified atom stereocenters. The van der Waals surface area contributed by atoms with Crippen LogP contribution in [0.25, 0.3) is 0 Å². The molecule has 0 radical (unpaired) electrons. The van der Waals surface area contributed by atoms with Crippen LogP contribution in [0.5, 0.6) is 0 Å². The van der Waals surface area contributed by atoms with Crippen molar-refractivity contribution < 1.29 is 4.79 Å². The van der Waals surface area contributed by atoms with Crippen molar-refractivity contribution in [2.45, 2.75) is 31.9 Å². The van der Waals surface area contributed by atoms with Crippen molar-refractivity contribution in [2.75, 3.05) is 29.5 Å². The fourth-order valence-electron chi connectivity index (χ4n) is 2.28. The number of nitriles is 1. The number of thioether (sulfide) groups is 1. The van der Waals surface area contributed by atoms with Crippen LogP contribution < -0.4 is 10.6 Å². The molecular weight excluding hydrogens is 290 g/mol. The second-order valence-electron chi connectivity index (χ2n) is 4.76. The van der Waals surface area contributed by atoms with Gasteiger partial charge in [-0.25, -0.2) is 0 Å². The predicted molar refractivity (Wildman–Crippen MR) is 86.8 cm³/mol. The smallest absolute Gasteiger partial charge is 0.174 e. The summed E-state index contributed by atoms with van der Waals surface area (Å²) in [6.07, 6.45) is 1.53. The van der Waals surface area contributed by atoms with E-state index in [2.05, 4.69) is 17.9 Å². The van der Waals surface area contributed by atoms with Gasteiger partial charge in [-0.05, 0) is 6.42 Å². The van der Waals surface area contributed by atoms with Gasteiger partial charge in [0.05, 0.1) is 10.6 Å². The van der Waals surface area contributed by atoms with Crippen molar-refractivity contribution in [2.24, 2.45) is 0 Å². The lowest BCUT2D eigenvalue weighted by molar-refractivity contribution is 0.0993. The van der Waals surface area contributed by atoms with Gasteiger partial charge in [0.15, 0.2) is 5.78 Å². The molecule has 1 aromatic rings. The lowest BCUT2D eigenvalue weighted by Gasteiger charge is -2.32. The minimum Gasteiger partial charge on any atom is -0.396 e. The molecule has 2 heterocycles. The van der Waals surface area contributed by atoms with E-state index >= 15 is 0 Å². The Kier molecular flexibility index (Phi) is 4.95. The Morgan fingerprint density at radius 2 is 2.30 bits per heavy atom. The van der Waals surface area contributed by atoms with Gasteiger partial charge < -0.3 is 10.6 Å². The molecule has 0 saturated carbocycles. The maximum Gasteiger partial charge on any atom is 0.174 e. The largest absolute Gasteiger partial charge is 0.396 e. The molecule has 4 nitrogen and oxygen atoms in total. The molecular formula is C14H19N3OS2. The van der Waals surface area contributed by atoms with E-state index < -0.39 is 0 Å². The molecule has 108 valence electrons. The van der Waals surface area contributed by atoms with E-state index in [1.807, 2.05) is 18.7 Å². The van der Waals surface area contributed by atoms with Crippen LogP contribution in [0, 0.1) is 11.3 Å². The predicted octanol–water partition coefficient (Wildman–Crippen LogP) is 3.13. The highest BCUT2D eigenvalue weighted by Gasteiger charge is 2.27. The number of Topliss-reactive ketones (excluding diaryl/α,β-unsaturated/α-hetero) is 1. The number of nitrogens with zero attached hydrogens (tertiary/aromatic N) is 2. The lowest BCUT2D eigenvalue weighted by atomic mass is 10.2. The first kappa shape index (κ1) is 15.2. The molecule has 0 bridgehead atoms. The first-order chi connectivity index (χ1) is 9.62. The number of hydrogen-bond acceptors (Lipinski definition) is 6. The molecule has 0 aliphatic carbocycles. The van der Waals surface area contributed by atoms with Gasteiger partial charge >= 0.3 is 0 Å². The molecule has 0 amide bonds. The van der Waals surface area contributed by atoms with Gasteiger partial charge in [-0.3, -0.25) is 4.79 Å². The van der Waals surface area contributed by atoms with Crippen LogP contribution in [-0.4, -0.2) is 29.9 Å². The second kappa shape index (κ2) is 6.51. The van der Waals surface area contributed by atoms with E-state index in [1.54, 1.807) is 0 Å². The Morgan fingerprint density at radius 3 is 2.90 bits per heavy atom. The van der Waals surface area contributed by atoms with Gasteiger partial charge in [-0.1, -0.05) is 13.8 Å². The van der Waals surface area contributed by atoms with Crippen LogP contribution in [-0.2, 0) is 0 Å². The molecule has 20 heavy (non-hydrogen) atoms. The number of carbonyl (C=O) groups excluding carboxylic acids is 1. The normalized spacial score (nSPS) is 18.9. The average molecular weight is 309 g/mol. The molecule has 1 saturated heterocycles. The fourth-order valence-corrected chi connectivity index (χ4v) is 4.68. The maximum absolute atomic E-state index is 11.9. The summed E-state index contributed by atoms with van der Waals surface area (Å²) in [6, 6.07) is 2.18. The van der Waals surface area contributed by atoms with Crippen molar-refractivity contribution in [3.8, 4) is 6.07 Å². The standard InChI is InChI=1S/C14H19N3OS2/c1-3-9-8-17(5-6-19-9)14-10(7-15)12(16)13(20-14)11(18)4-2/h9H,3-6,8,16H2,1-2H3. The van der Waals surface area contributed by atoms with Crippen molar-refractivity contribution in [3.05, 3.63) is 10.4 Å². The lowest BCUT2D eigenvalue weighted by Crippen LogP contribution is -2.37. The Morgan fingerprint density at radius 1 is 1.55 bits per heavy atom. The van der Waals surface area contributed by atoms with Crippen LogP contribution >= 0.6 is 23.1 Å². The number of anilines is 2. The summed E-state index contributed by atoms with van der Waals surface area (Å²) in [4.78, 5) is 14.7. The molecule has 2 rings (SSSR count). The van der Waals surface area contributed by atoms with Gasteiger partial charge in [-0.2, -0.15) is 17.0 Å². The number of carbonyl (C=O) groups is 1. The third-order valence-corrected chi connectivity index (χ3v) is 6.17. The molecule has 0 spiro atoms. The maximum atomic E-state index is 11.9. The first-order valence-corrected chi connectivity index (χ1v) is 8.70. The number of ketones is 1. The Balaban J connectivity index is 2.36. The van der Waals surface area contributed by atoms with Crippen LogP contribution in [0.3, 0.4) is 0 Å². The molecule has 2 N–H and O–H groups in total. The third-order valence-electron chi connectivity index (χ3n) is 3.49. The number of nitrogen functional groups attached to an aromatic ring is 1. The molecule has 1 atom stereocenters. The number of hydrogen-bond donors (Lipinski definition) is 1. The van der Waals surface area contributed by atoms with E-state index in [1.165, 1.54) is 11.3 Å². The van der Waals surface area contributed by atoms with E-state index in [9.17, 15) is 10.1 Å². The van der Waals surface area contributed by atoms with Crippen LogP contribution in [0.4, 0.5) is 10.7 Å². The summed E-state index contributed by atoms with van der Waals surface area (Å²) < 4.78 is 0. The average Bonchev–Trinajstić information content (AvgIpc) is 2.83. The van der Waals surface area contributed by atoms with Crippen molar-refractivity contribution >= 4 is 39.6 Å². The van der Waals surface area contributed by atoms with Gasteiger partial charge in [0.25, 0.3) is 0 Å². The Bertz CT molecular complexity index is 547. The first-order valence-electron chi connectivity index (χ1n) is 6.84. The molecule has 1 fully saturated rings. The van der Waals surface area contributed by atoms with Gasteiger partial charge in [0.1, 0.15) is 16.6 Å². The van der Waals surface area contributed by atoms with E-state index in [0.29, 0.717) is 27.8 Å². The van der Waals surface area contributed by atoms with E-state index in [4.69, 9.17) is 5.73 Å². The van der Waals surface area contributed by atoms with Crippen molar-refractivity contribution in [1.29, 1.82) is 5.26 Å². The molecule has 0 aromatic carbocycles. The van der Waals surface area contributed by atoms with Crippen LogP contribution in [0.1, 0.15) is 41.9 Å². The second-order valence-corrected chi connectivity index (χ2v) is 7.17. The Hall–Kier alpha value is -1.19. The summed E-state index contributed by atoms with van der Waals surface area (Å²) in [7, 11) is 0. The minimum atomic E-state index is 0.0219. The molecule has 6 heteroatoms. The third kappa shape index (κ3) is 2.79. The van der Waals surface area contributed by atoms with E-state index in [-0.39, 0.29) is 5.78 Å². The highest BCUT2D eigenvalue weighted by atomic mass is 32.2. The Labute approximate surface area is 127 Å². The van der Waals surface area contributed by atoms with Crippen molar-refractivity contribution in [1.82, 2.24) is 0 Å². The molecule has 1 aliphatic heterocycles. The summed E-state index contributed by atoms with van der Waals surface area (Å²) in [6.45, 7) is 5.84. The molecule has 1 aliphatic rings. The zero-order chi connectivity index (χ0) is 14.7. The topological polar surface area (TPSA) is 70.1 Å². The monoisotopic (exact) mass is 309 g/mol. The van der Waals surface area contributed by atoms with Gasteiger partial charge in [0, 0.05) is 30.5 Å². The van der Waals surface area contributed by atoms with Crippen LogP contribution in [0.15, 0.2) is 0 Å². The summed E-state index contributed by atoms with van der Waals surface area (Å²) in [5, 5.41) is 10.8. The summed E-state index contributed by atoms with van der Waals surface area (Å²) in [5.74, 6) is 1.08. The number of thiophene rings is 1. The van der Waals surface area contributed by atoms with E-state index in [0.717, 1.165) is 30.3 Å². The summed E-state index contributed by atoms with van der Waals surface area (Å²) >= 11 is 3.36. The quantitative estimate of drug-likeness (QED) is 0.865. The molecule has 1 aromatic heterocycles. The minimum absolute atomic E-state index is 0.0219. The van der Waals surface area contributed by atoms with Gasteiger partial charge in [-0.15, -0.1) is 11.3 Å². The summed E-state index contributed by atoms with van der Waals surface area (Å²) in [5.41, 5.74) is 6.85. The SMILES string of the molecule is CCC(=O)c1sc(N2CCSC(CC)C2)c(C#N)c1N.